The standard InChI is InChI=1S/C15H18ClF2N3O3/c1-21(2)13(22)7-24-12-4-3-9(5-10(12)16)20-14(23)11-6-15(17,18)8-19-11/h3-5,11,19H,6-8H2,1-2H3,(H,20,23). The van der Waals surface area contributed by atoms with E-state index in [0.29, 0.717) is 5.69 Å². The fourth-order valence-corrected chi connectivity index (χ4v) is 2.33. The Balaban J connectivity index is 1.94. The van der Waals surface area contributed by atoms with Crippen LogP contribution < -0.4 is 15.4 Å². The number of rotatable bonds is 5. The second-order valence-corrected chi connectivity index (χ2v) is 6.11. The summed E-state index contributed by atoms with van der Waals surface area (Å²) in [6.45, 7) is -0.683. The van der Waals surface area contributed by atoms with Crippen molar-refractivity contribution in [2.75, 3.05) is 32.6 Å². The van der Waals surface area contributed by atoms with Gasteiger partial charge in [0.1, 0.15) is 5.75 Å². The van der Waals surface area contributed by atoms with Gasteiger partial charge in [0.25, 0.3) is 11.8 Å². The second kappa shape index (κ2) is 7.31. The number of nitrogens with one attached hydrogen (secondary N) is 2. The fourth-order valence-electron chi connectivity index (χ4n) is 2.09. The largest absolute Gasteiger partial charge is 0.482 e. The predicted octanol–water partition coefficient (Wildman–Crippen LogP) is 1.74. The van der Waals surface area contributed by atoms with E-state index in [1.807, 2.05) is 0 Å². The molecule has 2 N–H and O–H groups in total. The Hall–Kier alpha value is -1.93. The van der Waals surface area contributed by atoms with Gasteiger partial charge in [-0.05, 0) is 18.2 Å². The maximum absolute atomic E-state index is 13.1. The van der Waals surface area contributed by atoms with Gasteiger partial charge in [-0.25, -0.2) is 8.78 Å². The van der Waals surface area contributed by atoms with Gasteiger partial charge in [0.15, 0.2) is 6.61 Å². The molecule has 1 atom stereocenters. The van der Waals surface area contributed by atoms with Gasteiger partial charge < -0.3 is 15.0 Å². The third kappa shape index (κ3) is 4.78. The molecule has 132 valence electrons. The first-order chi connectivity index (χ1) is 11.2. The summed E-state index contributed by atoms with van der Waals surface area (Å²) in [5.41, 5.74) is 0.355. The topological polar surface area (TPSA) is 70.7 Å². The summed E-state index contributed by atoms with van der Waals surface area (Å²) < 4.78 is 31.5. The van der Waals surface area contributed by atoms with Gasteiger partial charge in [-0.2, -0.15) is 0 Å². The lowest BCUT2D eigenvalue weighted by Gasteiger charge is -2.14. The maximum Gasteiger partial charge on any atom is 0.262 e. The van der Waals surface area contributed by atoms with Gasteiger partial charge in [0.2, 0.25) is 5.91 Å². The summed E-state index contributed by atoms with van der Waals surface area (Å²) in [5.74, 6) is -3.37. The molecule has 1 aliphatic rings. The number of alkyl halides is 2. The Labute approximate surface area is 143 Å². The first kappa shape index (κ1) is 18.4. The van der Waals surface area contributed by atoms with Gasteiger partial charge in [0, 0.05) is 26.2 Å². The zero-order chi connectivity index (χ0) is 17.9. The highest BCUT2D eigenvalue weighted by molar-refractivity contribution is 6.32. The lowest BCUT2D eigenvalue weighted by atomic mass is 10.2. The SMILES string of the molecule is CN(C)C(=O)COc1ccc(NC(=O)C2CC(F)(F)CN2)cc1Cl. The first-order valence-corrected chi connectivity index (χ1v) is 7.60. The number of carbonyl (C=O) groups is 2. The van der Waals surface area contributed by atoms with Crippen LogP contribution in [0.3, 0.4) is 0 Å². The van der Waals surface area contributed by atoms with E-state index in [4.69, 9.17) is 16.3 Å². The summed E-state index contributed by atoms with van der Waals surface area (Å²) in [7, 11) is 3.21. The van der Waals surface area contributed by atoms with Crippen LogP contribution in [0, 0.1) is 0 Å². The number of nitrogens with zero attached hydrogens (tertiary/aromatic N) is 1. The number of hydrogen-bond acceptors (Lipinski definition) is 4. The molecule has 0 saturated carbocycles. The van der Waals surface area contributed by atoms with Crippen LogP contribution >= 0.6 is 11.6 Å². The highest BCUT2D eigenvalue weighted by Gasteiger charge is 2.42. The van der Waals surface area contributed by atoms with E-state index in [-0.39, 0.29) is 23.3 Å². The quantitative estimate of drug-likeness (QED) is 0.838. The van der Waals surface area contributed by atoms with Crippen LogP contribution in [0.2, 0.25) is 5.02 Å². The van der Waals surface area contributed by atoms with Crippen LogP contribution in [0.25, 0.3) is 0 Å². The summed E-state index contributed by atoms with van der Waals surface area (Å²) in [6, 6.07) is 3.50. The molecule has 0 aliphatic carbocycles. The number of amides is 2. The van der Waals surface area contributed by atoms with Gasteiger partial charge in [-0.1, -0.05) is 11.6 Å². The van der Waals surface area contributed by atoms with Crippen LogP contribution in [0.5, 0.6) is 5.75 Å². The van der Waals surface area contributed by atoms with Gasteiger partial charge in [0.05, 0.1) is 17.6 Å². The molecule has 1 aliphatic heterocycles. The van der Waals surface area contributed by atoms with Crippen molar-refractivity contribution in [2.45, 2.75) is 18.4 Å². The molecular formula is C15H18ClF2N3O3. The van der Waals surface area contributed by atoms with E-state index in [1.165, 1.54) is 23.1 Å². The molecule has 1 aromatic carbocycles. The normalized spacial score (nSPS) is 19.0. The molecule has 2 amide bonds. The molecule has 0 aromatic heterocycles. The lowest BCUT2D eigenvalue weighted by Crippen LogP contribution is -2.35. The minimum absolute atomic E-state index is 0.167. The van der Waals surface area contributed by atoms with E-state index in [9.17, 15) is 18.4 Å². The van der Waals surface area contributed by atoms with Crippen molar-refractivity contribution < 1.29 is 23.1 Å². The summed E-state index contributed by atoms with van der Waals surface area (Å²) in [6.07, 6.45) is -0.541. The third-order valence-corrected chi connectivity index (χ3v) is 3.77. The third-order valence-electron chi connectivity index (χ3n) is 3.48. The Morgan fingerprint density at radius 3 is 2.71 bits per heavy atom. The lowest BCUT2D eigenvalue weighted by molar-refractivity contribution is -0.130. The van der Waals surface area contributed by atoms with Crippen molar-refractivity contribution in [3.05, 3.63) is 23.2 Å². The van der Waals surface area contributed by atoms with Crippen LogP contribution in [0.15, 0.2) is 18.2 Å². The molecule has 1 unspecified atom stereocenters. The van der Waals surface area contributed by atoms with Gasteiger partial charge in [-0.3, -0.25) is 14.9 Å². The molecule has 0 radical (unpaired) electrons. The molecule has 0 bridgehead atoms. The fraction of sp³-hybridized carbons (Fsp3) is 0.467. The summed E-state index contributed by atoms with van der Waals surface area (Å²) >= 11 is 6.04. The number of halogens is 3. The number of anilines is 1. The molecule has 6 nitrogen and oxygen atoms in total. The monoisotopic (exact) mass is 361 g/mol. The van der Waals surface area contributed by atoms with Crippen molar-refractivity contribution in [1.82, 2.24) is 10.2 Å². The highest BCUT2D eigenvalue weighted by atomic mass is 35.5. The van der Waals surface area contributed by atoms with E-state index in [1.54, 1.807) is 14.1 Å². The van der Waals surface area contributed by atoms with Crippen molar-refractivity contribution in [1.29, 1.82) is 0 Å². The van der Waals surface area contributed by atoms with Gasteiger partial charge >= 0.3 is 0 Å². The molecule has 1 heterocycles. The molecule has 2 rings (SSSR count). The Kier molecular flexibility index (Phi) is 5.61. The smallest absolute Gasteiger partial charge is 0.262 e. The number of likely N-dealkylation sites (N-methyl/N-ethyl adjacent to an activating group) is 1. The summed E-state index contributed by atoms with van der Waals surface area (Å²) in [5, 5.41) is 5.20. The van der Waals surface area contributed by atoms with E-state index in [0.717, 1.165) is 0 Å². The minimum Gasteiger partial charge on any atom is -0.482 e. The molecule has 1 aromatic rings. The predicted molar refractivity (Wildman–Crippen MR) is 85.6 cm³/mol. The zero-order valence-corrected chi connectivity index (χ0v) is 14.0. The number of hydrogen-bond donors (Lipinski definition) is 2. The van der Waals surface area contributed by atoms with Crippen LogP contribution in [0.1, 0.15) is 6.42 Å². The number of benzene rings is 1. The Bertz CT molecular complexity index is 640. The maximum atomic E-state index is 13.1. The van der Waals surface area contributed by atoms with E-state index in [2.05, 4.69) is 10.6 Å². The first-order valence-electron chi connectivity index (χ1n) is 7.22. The number of carbonyl (C=O) groups excluding carboxylic acids is 2. The molecule has 9 heteroatoms. The van der Waals surface area contributed by atoms with Gasteiger partial charge in [-0.15, -0.1) is 0 Å². The number of ether oxygens (including phenoxy) is 1. The van der Waals surface area contributed by atoms with Crippen molar-refractivity contribution >= 4 is 29.1 Å². The summed E-state index contributed by atoms with van der Waals surface area (Å²) in [4.78, 5) is 24.8. The second-order valence-electron chi connectivity index (χ2n) is 5.70. The average molecular weight is 362 g/mol. The zero-order valence-electron chi connectivity index (χ0n) is 13.2. The Morgan fingerprint density at radius 2 is 2.17 bits per heavy atom. The van der Waals surface area contributed by atoms with E-state index < -0.39 is 30.8 Å². The van der Waals surface area contributed by atoms with Crippen molar-refractivity contribution in [3.63, 3.8) is 0 Å². The Morgan fingerprint density at radius 1 is 1.46 bits per heavy atom. The molecule has 1 saturated heterocycles. The molecular weight excluding hydrogens is 344 g/mol. The van der Waals surface area contributed by atoms with Crippen LogP contribution in [-0.2, 0) is 9.59 Å². The van der Waals surface area contributed by atoms with Crippen LogP contribution in [-0.4, -0.2) is 55.9 Å². The molecule has 0 spiro atoms. The minimum atomic E-state index is -2.88. The molecule has 24 heavy (non-hydrogen) atoms. The van der Waals surface area contributed by atoms with Crippen molar-refractivity contribution in [3.8, 4) is 5.75 Å². The van der Waals surface area contributed by atoms with Crippen LogP contribution in [0.4, 0.5) is 14.5 Å². The van der Waals surface area contributed by atoms with Crippen molar-refractivity contribution in [2.24, 2.45) is 0 Å². The molecule has 1 fully saturated rings. The average Bonchev–Trinajstić information content (AvgIpc) is 2.86. The highest BCUT2D eigenvalue weighted by Crippen LogP contribution is 2.29. The van der Waals surface area contributed by atoms with E-state index >= 15 is 0 Å².